The largest absolute Gasteiger partial charge is 0.451 e. The molecule has 1 heterocycles. The van der Waals surface area contributed by atoms with Crippen LogP contribution in [0.1, 0.15) is 16.1 Å². The molecule has 3 N–H and O–H groups in total. The van der Waals surface area contributed by atoms with E-state index in [4.69, 9.17) is 10.2 Å². The molecule has 126 valence electrons. The van der Waals surface area contributed by atoms with Gasteiger partial charge in [0.2, 0.25) is 5.91 Å². The SMILES string of the molecule is NC(=O)C(Cc1ccccc1)NC(=O)c1cc(=O)c2ccccc2o1. The first kappa shape index (κ1) is 16.4. The van der Waals surface area contributed by atoms with Crippen molar-refractivity contribution in [3.05, 3.63) is 82.2 Å². The van der Waals surface area contributed by atoms with Crippen molar-refractivity contribution < 1.29 is 14.0 Å². The Hall–Kier alpha value is -3.41. The fraction of sp³-hybridized carbons (Fsp3) is 0.105. The first-order chi connectivity index (χ1) is 12.0. The highest BCUT2D eigenvalue weighted by molar-refractivity contribution is 5.96. The van der Waals surface area contributed by atoms with Crippen LogP contribution in [0.15, 0.2) is 69.9 Å². The van der Waals surface area contributed by atoms with Gasteiger partial charge >= 0.3 is 0 Å². The van der Waals surface area contributed by atoms with Gasteiger partial charge < -0.3 is 15.5 Å². The van der Waals surface area contributed by atoms with Crippen LogP contribution >= 0.6 is 0 Å². The summed E-state index contributed by atoms with van der Waals surface area (Å²) in [6.07, 6.45) is 0.250. The lowest BCUT2D eigenvalue weighted by Gasteiger charge is -2.15. The Morgan fingerprint density at radius 3 is 2.44 bits per heavy atom. The average Bonchev–Trinajstić information content (AvgIpc) is 2.62. The maximum atomic E-state index is 12.4. The van der Waals surface area contributed by atoms with E-state index < -0.39 is 17.9 Å². The van der Waals surface area contributed by atoms with E-state index in [1.165, 1.54) is 0 Å². The Balaban J connectivity index is 1.84. The third kappa shape index (κ3) is 3.74. The van der Waals surface area contributed by atoms with E-state index >= 15 is 0 Å². The number of fused-ring (bicyclic) bond motifs is 1. The van der Waals surface area contributed by atoms with Gasteiger partial charge in [-0.15, -0.1) is 0 Å². The zero-order valence-corrected chi connectivity index (χ0v) is 13.3. The fourth-order valence-corrected chi connectivity index (χ4v) is 2.52. The number of hydrogen-bond donors (Lipinski definition) is 2. The van der Waals surface area contributed by atoms with Crippen LogP contribution in [0.5, 0.6) is 0 Å². The molecule has 1 aromatic heterocycles. The number of benzene rings is 2. The van der Waals surface area contributed by atoms with Gasteiger partial charge in [-0.1, -0.05) is 42.5 Å². The van der Waals surface area contributed by atoms with Gasteiger partial charge in [-0.25, -0.2) is 0 Å². The molecule has 25 heavy (non-hydrogen) atoms. The molecule has 0 saturated carbocycles. The molecule has 0 aliphatic rings. The minimum absolute atomic E-state index is 0.164. The van der Waals surface area contributed by atoms with Gasteiger partial charge in [0, 0.05) is 12.5 Å². The number of rotatable bonds is 5. The molecule has 0 fully saturated rings. The number of carbonyl (C=O) groups excluding carboxylic acids is 2. The number of nitrogens with two attached hydrogens (primary N) is 1. The smallest absolute Gasteiger partial charge is 0.287 e. The molecule has 0 spiro atoms. The van der Waals surface area contributed by atoms with Crippen molar-refractivity contribution >= 4 is 22.8 Å². The number of carbonyl (C=O) groups is 2. The highest BCUT2D eigenvalue weighted by Gasteiger charge is 2.21. The van der Waals surface area contributed by atoms with Gasteiger partial charge in [-0.2, -0.15) is 0 Å². The maximum absolute atomic E-state index is 12.4. The summed E-state index contributed by atoms with van der Waals surface area (Å²) < 4.78 is 5.47. The number of amides is 2. The molecular weight excluding hydrogens is 320 g/mol. The predicted molar refractivity (Wildman–Crippen MR) is 93.1 cm³/mol. The molecule has 0 aliphatic carbocycles. The van der Waals surface area contributed by atoms with Gasteiger partial charge in [0.15, 0.2) is 11.2 Å². The molecule has 1 unspecified atom stereocenters. The highest BCUT2D eigenvalue weighted by Crippen LogP contribution is 2.12. The van der Waals surface area contributed by atoms with E-state index in [1.807, 2.05) is 30.3 Å². The Morgan fingerprint density at radius 1 is 1.04 bits per heavy atom. The van der Waals surface area contributed by atoms with Crippen LogP contribution in [-0.4, -0.2) is 17.9 Å². The van der Waals surface area contributed by atoms with Crippen LogP contribution in [0, 0.1) is 0 Å². The molecule has 6 heteroatoms. The molecule has 3 aromatic rings. The molecule has 2 amide bonds. The predicted octanol–water partition coefficient (Wildman–Crippen LogP) is 1.62. The van der Waals surface area contributed by atoms with Gasteiger partial charge in [0.25, 0.3) is 5.91 Å². The molecule has 0 bridgehead atoms. The number of para-hydroxylation sites is 1. The molecule has 1 atom stereocenters. The molecule has 0 radical (unpaired) electrons. The van der Waals surface area contributed by atoms with E-state index in [1.54, 1.807) is 24.3 Å². The topological polar surface area (TPSA) is 102 Å². The second-order valence-electron chi connectivity index (χ2n) is 5.59. The van der Waals surface area contributed by atoms with E-state index in [9.17, 15) is 14.4 Å². The van der Waals surface area contributed by atoms with Crippen molar-refractivity contribution in [2.45, 2.75) is 12.5 Å². The maximum Gasteiger partial charge on any atom is 0.287 e. The Labute approximate surface area is 143 Å². The van der Waals surface area contributed by atoms with Crippen molar-refractivity contribution in [2.24, 2.45) is 5.73 Å². The summed E-state index contributed by atoms with van der Waals surface area (Å²) in [5, 5.41) is 2.91. The Morgan fingerprint density at radius 2 is 1.72 bits per heavy atom. The Kier molecular flexibility index (Phi) is 4.61. The monoisotopic (exact) mass is 336 g/mol. The van der Waals surface area contributed by atoms with E-state index in [0.717, 1.165) is 11.6 Å². The van der Waals surface area contributed by atoms with Crippen LogP contribution in [0.4, 0.5) is 0 Å². The van der Waals surface area contributed by atoms with Crippen molar-refractivity contribution in [1.82, 2.24) is 5.32 Å². The molecule has 0 aliphatic heterocycles. The third-order valence-corrected chi connectivity index (χ3v) is 3.79. The minimum atomic E-state index is -0.910. The lowest BCUT2D eigenvalue weighted by atomic mass is 10.1. The minimum Gasteiger partial charge on any atom is -0.451 e. The molecule has 3 rings (SSSR count). The fourth-order valence-electron chi connectivity index (χ4n) is 2.52. The summed E-state index contributed by atoms with van der Waals surface area (Å²) in [4.78, 5) is 36.1. The summed E-state index contributed by atoms with van der Waals surface area (Å²) in [5.41, 5.74) is 6.22. The third-order valence-electron chi connectivity index (χ3n) is 3.79. The number of nitrogens with one attached hydrogen (secondary N) is 1. The van der Waals surface area contributed by atoms with Gasteiger partial charge in [0.05, 0.1) is 5.39 Å². The normalized spacial score (nSPS) is 11.8. The van der Waals surface area contributed by atoms with Gasteiger partial charge in [0.1, 0.15) is 11.6 Å². The average molecular weight is 336 g/mol. The second-order valence-corrected chi connectivity index (χ2v) is 5.59. The lowest BCUT2D eigenvalue weighted by Crippen LogP contribution is -2.46. The highest BCUT2D eigenvalue weighted by atomic mass is 16.3. The second kappa shape index (κ2) is 7.00. The number of primary amides is 1. The summed E-state index contributed by atoms with van der Waals surface area (Å²) in [6.45, 7) is 0. The zero-order valence-electron chi connectivity index (χ0n) is 13.3. The van der Waals surface area contributed by atoms with Gasteiger partial charge in [-0.3, -0.25) is 14.4 Å². The summed E-state index contributed by atoms with van der Waals surface area (Å²) >= 11 is 0. The van der Waals surface area contributed by atoms with E-state index in [0.29, 0.717) is 11.0 Å². The van der Waals surface area contributed by atoms with Crippen LogP contribution in [0.2, 0.25) is 0 Å². The summed E-state index contributed by atoms with van der Waals surface area (Å²) in [6, 6.07) is 16.0. The molecular formula is C19H16N2O4. The van der Waals surface area contributed by atoms with E-state index in [-0.39, 0.29) is 17.6 Å². The summed E-state index contributed by atoms with van der Waals surface area (Å²) in [7, 11) is 0. The Bertz CT molecular complexity index is 979. The van der Waals surface area contributed by atoms with Crippen molar-refractivity contribution in [1.29, 1.82) is 0 Å². The van der Waals surface area contributed by atoms with Crippen LogP contribution in [0.25, 0.3) is 11.0 Å². The van der Waals surface area contributed by atoms with Crippen molar-refractivity contribution in [2.75, 3.05) is 0 Å². The van der Waals surface area contributed by atoms with E-state index in [2.05, 4.69) is 5.32 Å². The van der Waals surface area contributed by atoms with Crippen LogP contribution < -0.4 is 16.5 Å². The first-order valence-electron chi connectivity index (χ1n) is 7.71. The lowest BCUT2D eigenvalue weighted by molar-refractivity contribution is -0.119. The molecule has 0 saturated heterocycles. The van der Waals surface area contributed by atoms with Crippen LogP contribution in [-0.2, 0) is 11.2 Å². The molecule has 2 aromatic carbocycles. The summed E-state index contributed by atoms with van der Waals surface area (Å²) in [5.74, 6) is -1.49. The van der Waals surface area contributed by atoms with Crippen molar-refractivity contribution in [3.8, 4) is 0 Å². The number of hydrogen-bond acceptors (Lipinski definition) is 4. The zero-order chi connectivity index (χ0) is 17.8. The first-order valence-corrected chi connectivity index (χ1v) is 7.71. The van der Waals surface area contributed by atoms with Gasteiger partial charge in [-0.05, 0) is 17.7 Å². The molecule has 6 nitrogen and oxygen atoms in total. The van der Waals surface area contributed by atoms with Crippen molar-refractivity contribution in [3.63, 3.8) is 0 Å². The van der Waals surface area contributed by atoms with Crippen LogP contribution in [0.3, 0.4) is 0 Å². The standard InChI is InChI=1S/C19H16N2O4/c20-18(23)14(10-12-6-2-1-3-7-12)21-19(24)17-11-15(22)13-8-4-5-9-16(13)25-17/h1-9,11,14H,10H2,(H2,20,23)(H,21,24). The quantitative estimate of drug-likeness (QED) is 0.739.